The number of hydrogen-bond acceptors (Lipinski definition) is 0. The van der Waals surface area contributed by atoms with E-state index in [2.05, 4.69) is 46.4 Å². The van der Waals surface area contributed by atoms with E-state index in [4.69, 9.17) is 0 Å². The summed E-state index contributed by atoms with van der Waals surface area (Å²) >= 11 is 0. The molecule has 0 heteroatoms. The Balaban J connectivity index is 3.95. The molecule has 0 fully saturated rings. The summed E-state index contributed by atoms with van der Waals surface area (Å²) in [5, 5.41) is 0. The molecular weight excluding hydrogens is 156 g/mol. The molecule has 0 aromatic carbocycles. The monoisotopic (exact) mass is 178 g/mol. The molecule has 0 heterocycles. The summed E-state index contributed by atoms with van der Waals surface area (Å²) in [6.07, 6.45) is 8.82. The highest BCUT2D eigenvalue weighted by Gasteiger charge is 1.91. The first-order valence-corrected chi connectivity index (χ1v) is 5.03. The van der Waals surface area contributed by atoms with Gasteiger partial charge in [0, 0.05) is 0 Å². The average molecular weight is 178 g/mol. The zero-order chi connectivity index (χ0) is 10.3. The third-order valence-electron chi connectivity index (χ3n) is 1.99. The maximum absolute atomic E-state index is 3.73. The van der Waals surface area contributed by atoms with Crippen LogP contribution in [0.1, 0.15) is 40.5 Å². The summed E-state index contributed by atoms with van der Waals surface area (Å²) in [5.41, 5.74) is 2.58. The van der Waals surface area contributed by atoms with Crippen LogP contribution < -0.4 is 0 Å². The van der Waals surface area contributed by atoms with E-state index in [0.717, 1.165) is 5.92 Å². The maximum Gasteiger partial charge on any atom is -0.0343 e. The van der Waals surface area contributed by atoms with E-state index in [-0.39, 0.29) is 0 Å². The van der Waals surface area contributed by atoms with E-state index in [1.165, 1.54) is 24.0 Å². The van der Waals surface area contributed by atoms with Crippen LogP contribution in [0.25, 0.3) is 0 Å². The Morgan fingerprint density at radius 1 is 1.23 bits per heavy atom. The van der Waals surface area contributed by atoms with E-state index in [9.17, 15) is 0 Å². The van der Waals surface area contributed by atoms with Crippen molar-refractivity contribution in [3.05, 3.63) is 36.0 Å². The molecule has 74 valence electrons. The quantitative estimate of drug-likeness (QED) is 0.544. The van der Waals surface area contributed by atoms with E-state index >= 15 is 0 Å². The summed E-state index contributed by atoms with van der Waals surface area (Å²) in [6.45, 7) is 12.5. The van der Waals surface area contributed by atoms with Gasteiger partial charge in [0.15, 0.2) is 0 Å². The number of rotatable bonds is 5. The highest BCUT2D eigenvalue weighted by atomic mass is 14.0. The Kier molecular flexibility index (Phi) is 6.30. The summed E-state index contributed by atoms with van der Waals surface area (Å²) in [6, 6.07) is 0. The number of allylic oxidation sites excluding steroid dienone is 5. The van der Waals surface area contributed by atoms with Crippen LogP contribution in [0.4, 0.5) is 0 Å². The van der Waals surface area contributed by atoms with Gasteiger partial charge in [-0.3, -0.25) is 0 Å². The van der Waals surface area contributed by atoms with Crippen LogP contribution in [0.5, 0.6) is 0 Å². The van der Waals surface area contributed by atoms with Gasteiger partial charge in [-0.1, -0.05) is 49.8 Å². The van der Waals surface area contributed by atoms with Crippen LogP contribution in [0, 0.1) is 5.92 Å². The predicted molar refractivity (Wildman–Crippen MR) is 61.8 cm³/mol. The van der Waals surface area contributed by atoms with Crippen molar-refractivity contribution in [2.45, 2.75) is 40.5 Å². The summed E-state index contributed by atoms with van der Waals surface area (Å²) < 4.78 is 0. The molecule has 0 saturated carbocycles. The number of hydrogen-bond donors (Lipinski definition) is 0. The van der Waals surface area contributed by atoms with Crippen molar-refractivity contribution in [3.8, 4) is 0 Å². The maximum atomic E-state index is 3.73. The fourth-order valence-corrected chi connectivity index (χ4v) is 1.12. The first-order chi connectivity index (χ1) is 6.06. The zero-order valence-corrected chi connectivity index (χ0v) is 9.43. The third-order valence-corrected chi connectivity index (χ3v) is 1.99. The molecule has 0 nitrogen and oxygen atoms in total. The molecule has 0 atom stereocenters. The molecule has 0 aliphatic carbocycles. The first-order valence-electron chi connectivity index (χ1n) is 5.03. The minimum absolute atomic E-state index is 0.800. The van der Waals surface area contributed by atoms with Gasteiger partial charge in [0.1, 0.15) is 0 Å². The third kappa shape index (κ3) is 7.58. The zero-order valence-electron chi connectivity index (χ0n) is 9.43. The average Bonchev–Trinajstić information content (AvgIpc) is 2.03. The molecule has 13 heavy (non-hydrogen) atoms. The first kappa shape index (κ1) is 12.2. The molecule has 0 aliphatic rings. The minimum atomic E-state index is 0.800. The molecule has 0 unspecified atom stereocenters. The molecular formula is C13H22. The van der Waals surface area contributed by atoms with Crippen LogP contribution in [-0.4, -0.2) is 0 Å². The largest absolute Gasteiger partial charge is 0.0988 e. The molecule has 0 rings (SSSR count). The van der Waals surface area contributed by atoms with Crippen molar-refractivity contribution < 1.29 is 0 Å². The lowest BCUT2D eigenvalue weighted by Gasteiger charge is -2.00. The second-order valence-electron chi connectivity index (χ2n) is 4.01. The highest BCUT2D eigenvalue weighted by Crippen LogP contribution is 2.08. The lowest BCUT2D eigenvalue weighted by Crippen LogP contribution is -1.84. The van der Waals surface area contributed by atoms with E-state index in [1.807, 2.05) is 6.08 Å². The van der Waals surface area contributed by atoms with Gasteiger partial charge in [-0.15, -0.1) is 0 Å². The summed E-state index contributed by atoms with van der Waals surface area (Å²) in [5.74, 6) is 0.800. The molecule has 0 radical (unpaired) electrons. The van der Waals surface area contributed by atoms with Gasteiger partial charge in [0.2, 0.25) is 0 Å². The Bertz CT molecular complexity index is 204. The Morgan fingerprint density at radius 2 is 1.85 bits per heavy atom. The second-order valence-corrected chi connectivity index (χ2v) is 4.01. The van der Waals surface area contributed by atoms with Crippen molar-refractivity contribution in [1.82, 2.24) is 0 Å². The molecule has 0 bridgehead atoms. The van der Waals surface area contributed by atoms with E-state index in [0.29, 0.717) is 0 Å². The predicted octanol–water partition coefficient (Wildman–Crippen LogP) is 4.50. The van der Waals surface area contributed by atoms with Crippen molar-refractivity contribution >= 4 is 0 Å². The minimum Gasteiger partial charge on any atom is -0.0988 e. The molecule has 0 aromatic heterocycles. The van der Waals surface area contributed by atoms with Crippen LogP contribution >= 0.6 is 0 Å². The fourth-order valence-electron chi connectivity index (χ4n) is 1.12. The molecule has 0 aliphatic heterocycles. The summed E-state index contributed by atoms with van der Waals surface area (Å²) in [4.78, 5) is 0. The SMILES string of the molecule is C=C/C(C)=C/C(C)=C/CCC(C)C. The molecule has 0 aromatic rings. The van der Waals surface area contributed by atoms with Gasteiger partial charge < -0.3 is 0 Å². The Morgan fingerprint density at radius 3 is 2.31 bits per heavy atom. The van der Waals surface area contributed by atoms with Crippen LogP contribution in [0.2, 0.25) is 0 Å². The Hall–Kier alpha value is -0.780. The molecule has 0 saturated heterocycles. The van der Waals surface area contributed by atoms with Crippen molar-refractivity contribution in [2.75, 3.05) is 0 Å². The van der Waals surface area contributed by atoms with E-state index in [1.54, 1.807) is 0 Å². The van der Waals surface area contributed by atoms with Crippen molar-refractivity contribution in [2.24, 2.45) is 5.92 Å². The highest BCUT2D eigenvalue weighted by molar-refractivity contribution is 5.26. The topological polar surface area (TPSA) is 0 Å². The van der Waals surface area contributed by atoms with Crippen LogP contribution in [0.15, 0.2) is 36.0 Å². The normalized spacial score (nSPS) is 13.6. The van der Waals surface area contributed by atoms with Crippen molar-refractivity contribution in [3.63, 3.8) is 0 Å². The van der Waals surface area contributed by atoms with Gasteiger partial charge in [-0.2, -0.15) is 0 Å². The van der Waals surface area contributed by atoms with Gasteiger partial charge in [0.25, 0.3) is 0 Å². The molecule has 0 N–H and O–H groups in total. The van der Waals surface area contributed by atoms with Crippen molar-refractivity contribution in [1.29, 1.82) is 0 Å². The molecule has 0 amide bonds. The lowest BCUT2D eigenvalue weighted by molar-refractivity contribution is 0.593. The molecule has 0 spiro atoms. The van der Waals surface area contributed by atoms with Gasteiger partial charge in [0.05, 0.1) is 0 Å². The van der Waals surface area contributed by atoms with Crippen LogP contribution in [-0.2, 0) is 0 Å². The fraction of sp³-hybridized carbons (Fsp3) is 0.538. The van der Waals surface area contributed by atoms with Gasteiger partial charge in [-0.05, 0) is 32.6 Å². The second kappa shape index (κ2) is 6.71. The standard InChI is InChI=1S/C13H22/c1-6-12(4)10-13(5)9-7-8-11(2)3/h6,9-11H,1,7-8H2,2-5H3/b12-10+,13-9+. The van der Waals surface area contributed by atoms with Crippen LogP contribution in [0.3, 0.4) is 0 Å². The van der Waals surface area contributed by atoms with E-state index < -0.39 is 0 Å². The Labute approximate surface area is 83.0 Å². The smallest absolute Gasteiger partial charge is 0.0343 e. The lowest BCUT2D eigenvalue weighted by atomic mass is 10.1. The summed E-state index contributed by atoms with van der Waals surface area (Å²) in [7, 11) is 0. The van der Waals surface area contributed by atoms with Gasteiger partial charge in [-0.25, -0.2) is 0 Å². The van der Waals surface area contributed by atoms with Gasteiger partial charge >= 0.3 is 0 Å².